The molecule has 0 aliphatic rings. The third-order valence-corrected chi connectivity index (χ3v) is 2.07. The van der Waals surface area contributed by atoms with Crippen LogP contribution in [0, 0.1) is 11.8 Å². The van der Waals surface area contributed by atoms with Crippen molar-refractivity contribution in [2.24, 2.45) is 0 Å². The van der Waals surface area contributed by atoms with Gasteiger partial charge >= 0.3 is 0 Å². The van der Waals surface area contributed by atoms with E-state index in [-0.39, 0.29) is 6.67 Å². The summed E-state index contributed by atoms with van der Waals surface area (Å²) in [5.74, 6) is 5.90. The Balaban J connectivity index is 0.000000366. The summed E-state index contributed by atoms with van der Waals surface area (Å²) in [6, 6.07) is 9.87. The molecule has 1 aromatic carbocycles. The van der Waals surface area contributed by atoms with Crippen LogP contribution in [0.4, 0.5) is 4.39 Å². The number of hydrogen-bond donors (Lipinski definition) is 2. The zero-order valence-electron chi connectivity index (χ0n) is 10.2. The number of thiol groups is 1. The maximum absolute atomic E-state index is 11.2. The van der Waals surface area contributed by atoms with Crippen LogP contribution in [0.1, 0.15) is 31.7 Å². The highest BCUT2D eigenvalue weighted by Gasteiger charge is 1.79. The van der Waals surface area contributed by atoms with E-state index in [1.54, 1.807) is 0 Å². The number of benzene rings is 1. The zero-order chi connectivity index (χ0) is 12.8. The lowest BCUT2D eigenvalue weighted by Gasteiger charge is -1.86. The minimum atomic E-state index is -0.145. The van der Waals surface area contributed by atoms with Crippen molar-refractivity contribution in [2.75, 3.05) is 13.2 Å². The van der Waals surface area contributed by atoms with E-state index in [2.05, 4.69) is 36.3 Å². The summed E-state index contributed by atoms with van der Waals surface area (Å²) in [5.41, 5.74) is 1.04. The molecule has 0 fully saturated rings. The summed E-state index contributed by atoms with van der Waals surface area (Å²) in [5, 5.41) is 0. The molecule has 1 aromatic rings. The second-order valence-corrected chi connectivity index (χ2v) is 3.72. The van der Waals surface area contributed by atoms with Crippen molar-refractivity contribution in [3.8, 4) is 11.8 Å². The lowest BCUT2D eigenvalue weighted by Crippen LogP contribution is -1.96. The van der Waals surface area contributed by atoms with Crippen molar-refractivity contribution in [3.05, 3.63) is 35.9 Å². The Bertz CT molecular complexity index is 312. The fourth-order valence-electron chi connectivity index (χ4n) is 1.05. The largest absolute Gasteiger partial charge is 0.255 e. The molecule has 1 nitrogen and oxygen atoms in total. The third-order valence-electron chi connectivity index (χ3n) is 1.91. The van der Waals surface area contributed by atoms with Gasteiger partial charge in [0.25, 0.3) is 0 Å². The summed E-state index contributed by atoms with van der Waals surface area (Å²) < 4.78 is 13.8. The number of hydrogen-bond acceptors (Lipinski definition) is 2. The normalized spacial score (nSPS) is 8.65. The number of unbranched alkanes of at least 4 members (excludes halogenated alkanes) is 2. The molecule has 0 aliphatic carbocycles. The van der Waals surface area contributed by atoms with E-state index in [0.717, 1.165) is 24.8 Å². The van der Waals surface area contributed by atoms with Gasteiger partial charge in [0.1, 0.15) is 0 Å². The Morgan fingerprint density at radius 1 is 1.24 bits per heavy atom. The molecule has 1 N–H and O–H groups in total. The molecule has 0 saturated heterocycles. The number of alkyl halides is 1. The summed E-state index contributed by atoms with van der Waals surface area (Å²) >= 11 is 3.81. The summed E-state index contributed by atoms with van der Waals surface area (Å²) in [4.78, 5) is 0. The highest BCUT2D eigenvalue weighted by Crippen LogP contribution is 1.94. The Morgan fingerprint density at radius 2 is 1.94 bits per heavy atom. The SMILES string of the molecule is CCCCCF.SNCC#Cc1ccccc1. The number of nitrogens with one attached hydrogen (secondary N) is 1. The van der Waals surface area contributed by atoms with Crippen molar-refractivity contribution in [3.63, 3.8) is 0 Å². The summed E-state index contributed by atoms with van der Waals surface area (Å²) in [6.45, 7) is 2.53. The van der Waals surface area contributed by atoms with Crippen LogP contribution in [-0.4, -0.2) is 13.2 Å². The van der Waals surface area contributed by atoms with E-state index >= 15 is 0 Å². The molecule has 0 amide bonds. The summed E-state index contributed by atoms with van der Waals surface area (Å²) in [7, 11) is 0. The highest BCUT2D eigenvalue weighted by molar-refractivity contribution is 7.78. The van der Waals surface area contributed by atoms with Crippen molar-refractivity contribution < 1.29 is 4.39 Å². The van der Waals surface area contributed by atoms with Gasteiger partial charge in [-0.25, -0.2) is 0 Å². The molecule has 17 heavy (non-hydrogen) atoms. The lowest BCUT2D eigenvalue weighted by molar-refractivity contribution is 0.460. The van der Waals surface area contributed by atoms with Crippen LogP contribution in [-0.2, 0) is 0 Å². The molecule has 0 spiro atoms. The van der Waals surface area contributed by atoms with Crippen molar-refractivity contribution >= 4 is 12.8 Å². The van der Waals surface area contributed by atoms with Gasteiger partial charge in [0.15, 0.2) is 0 Å². The van der Waals surface area contributed by atoms with Crippen LogP contribution in [0.15, 0.2) is 30.3 Å². The summed E-state index contributed by atoms with van der Waals surface area (Å²) in [6.07, 6.45) is 2.90. The van der Waals surface area contributed by atoms with Gasteiger partial charge < -0.3 is 0 Å². The van der Waals surface area contributed by atoms with Gasteiger partial charge in [-0.15, -0.1) is 0 Å². The minimum absolute atomic E-state index is 0.145. The Kier molecular flexibility index (Phi) is 12.3. The standard InChI is InChI=1S/C9H9NS.C5H11F/c11-10-8-4-7-9-5-2-1-3-6-9;1-2-3-4-5-6/h1-3,5-6,10-11H,8H2;2-5H2,1H3. The predicted molar refractivity (Wildman–Crippen MR) is 75.8 cm³/mol. The van der Waals surface area contributed by atoms with Gasteiger partial charge in [0, 0.05) is 5.56 Å². The topological polar surface area (TPSA) is 12.0 Å². The van der Waals surface area contributed by atoms with E-state index in [0.29, 0.717) is 6.54 Å². The van der Waals surface area contributed by atoms with E-state index in [4.69, 9.17) is 0 Å². The molecule has 0 heterocycles. The first kappa shape index (κ1) is 16.0. The lowest BCUT2D eigenvalue weighted by atomic mass is 10.2. The van der Waals surface area contributed by atoms with Crippen LogP contribution < -0.4 is 4.72 Å². The van der Waals surface area contributed by atoms with Gasteiger partial charge in [-0.2, -0.15) is 0 Å². The monoisotopic (exact) mass is 253 g/mol. The minimum Gasteiger partial charge on any atom is -0.255 e. The predicted octanol–water partition coefficient (Wildman–Crippen LogP) is 3.62. The molecule has 0 aromatic heterocycles. The Morgan fingerprint density at radius 3 is 2.41 bits per heavy atom. The smallest absolute Gasteiger partial charge is 0.0894 e. The Hall–Kier alpha value is -0.980. The zero-order valence-corrected chi connectivity index (χ0v) is 11.1. The first-order chi connectivity index (χ1) is 8.35. The van der Waals surface area contributed by atoms with Crippen molar-refractivity contribution in [1.82, 2.24) is 4.72 Å². The van der Waals surface area contributed by atoms with Crippen molar-refractivity contribution in [2.45, 2.75) is 26.2 Å². The third kappa shape index (κ3) is 11.3. The van der Waals surface area contributed by atoms with E-state index < -0.39 is 0 Å². The van der Waals surface area contributed by atoms with Gasteiger partial charge in [0.05, 0.1) is 13.2 Å². The second kappa shape index (κ2) is 13.1. The maximum Gasteiger partial charge on any atom is 0.0894 e. The molecular formula is C14H20FNS. The van der Waals surface area contributed by atoms with Crippen molar-refractivity contribution in [1.29, 1.82) is 0 Å². The fraction of sp³-hybridized carbons (Fsp3) is 0.429. The number of halogens is 1. The Labute approximate surface area is 109 Å². The molecule has 0 bridgehead atoms. The van der Waals surface area contributed by atoms with Gasteiger partial charge in [-0.1, -0.05) is 62.6 Å². The van der Waals surface area contributed by atoms with Gasteiger partial charge in [-0.05, 0) is 18.6 Å². The van der Waals surface area contributed by atoms with Gasteiger partial charge in [0.2, 0.25) is 0 Å². The van der Waals surface area contributed by atoms with Crippen LogP contribution in [0.5, 0.6) is 0 Å². The highest BCUT2D eigenvalue weighted by atomic mass is 32.1. The first-order valence-electron chi connectivity index (χ1n) is 5.82. The molecule has 94 valence electrons. The molecular weight excluding hydrogens is 233 g/mol. The molecule has 0 unspecified atom stereocenters. The van der Waals surface area contributed by atoms with Crippen LogP contribution >= 0.6 is 12.8 Å². The molecule has 0 radical (unpaired) electrons. The van der Waals surface area contributed by atoms with Crippen LogP contribution in [0.2, 0.25) is 0 Å². The molecule has 0 saturated carbocycles. The quantitative estimate of drug-likeness (QED) is 0.474. The molecule has 1 rings (SSSR count). The molecule has 0 atom stereocenters. The van der Waals surface area contributed by atoms with E-state index in [1.807, 2.05) is 30.3 Å². The maximum atomic E-state index is 11.2. The van der Waals surface area contributed by atoms with Crippen LogP contribution in [0.25, 0.3) is 0 Å². The molecule has 0 aliphatic heterocycles. The van der Waals surface area contributed by atoms with E-state index in [1.165, 1.54) is 0 Å². The van der Waals surface area contributed by atoms with Crippen LogP contribution in [0.3, 0.4) is 0 Å². The first-order valence-corrected chi connectivity index (χ1v) is 6.26. The van der Waals surface area contributed by atoms with E-state index in [9.17, 15) is 4.39 Å². The number of rotatable bonds is 4. The average Bonchev–Trinajstić information content (AvgIpc) is 2.39. The molecule has 3 heteroatoms. The fourth-order valence-corrected chi connectivity index (χ4v) is 1.13. The second-order valence-electron chi connectivity index (χ2n) is 3.40. The average molecular weight is 253 g/mol. The van der Waals surface area contributed by atoms with Gasteiger partial charge in [-0.3, -0.25) is 9.11 Å².